The van der Waals surface area contributed by atoms with E-state index in [0.717, 1.165) is 29.9 Å². The van der Waals surface area contributed by atoms with Gasteiger partial charge in [0.05, 0.1) is 11.1 Å². The molecule has 68 heavy (non-hydrogen) atoms. The molecule has 4 aliphatic carbocycles. The predicted molar refractivity (Wildman–Crippen MR) is 282 cm³/mol. The molecule has 322 valence electrons. The average Bonchev–Trinajstić information content (AvgIpc) is 4.09. The molecule has 1 atom stereocenters. The first kappa shape index (κ1) is 39.2. The largest absolute Gasteiger partial charge is 0.310 e. The molecule has 0 heterocycles. The van der Waals surface area contributed by atoms with Crippen LogP contribution in [-0.2, 0) is 22.7 Å². The first-order valence-electron chi connectivity index (χ1n) is 24.3. The minimum absolute atomic E-state index is 0.188. The number of fused-ring (bicyclic) bond motifs is 13. The lowest BCUT2D eigenvalue weighted by atomic mass is 9.67. The fourth-order valence-corrected chi connectivity index (χ4v) is 13.6. The summed E-state index contributed by atoms with van der Waals surface area (Å²) >= 11 is 0. The van der Waals surface area contributed by atoms with E-state index >= 15 is 0 Å². The van der Waals surface area contributed by atoms with Crippen LogP contribution in [-0.4, -0.2) is 0 Å². The molecule has 0 radical (unpaired) electrons. The fourth-order valence-electron chi connectivity index (χ4n) is 13.6. The molecule has 0 bridgehead atoms. The van der Waals surface area contributed by atoms with Crippen molar-refractivity contribution in [3.05, 3.63) is 292 Å². The smallest absolute Gasteiger partial charge is 0.0714 e. The number of aryl methyl sites for hydroxylation is 1. The molecule has 4 aliphatic rings. The predicted octanol–water partition coefficient (Wildman–Crippen LogP) is 16.8. The van der Waals surface area contributed by atoms with E-state index in [9.17, 15) is 0 Å². The van der Waals surface area contributed by atoms with E-state index in [1.54, 1.807) is 0 Å². The van der Waals surface area contributed by atoms with Crippen LogP contribution in [0.25, 0.3) is 44.5 Å². The Kier molecular flexibility index (Phi) is 8.36. The summed E-state index contributed by atoms with van der Waals surface area (Å²) in [6.45, 7) is 4.81. The zero-order valence-electron chi connectivity index (χ0n) is 38.4. The molecule has 10 aromatic rings. The van der Waals surface area contributed by atoms with Crippen molar-refractivity contribution in [2.24, 2.45) is 0 Å². The zero-order chi connectivity index (χ0) is 45.2. The number of para-hydroxylation sites is 1. The third-order valence-electron chi connectivity index (χ3n) is 16.4. The molecule has 0 aliphatic heterocycles. The maximum absolute atomic E-state index is 2.59. The highest BCUT2D eigenvalue weighted by Crippen LogP contribution is 2.61. The molecule has 1 nitrogen and oxygen atoms in total. The van der Waals surface area contributed by atoms with Gasteiger partial charge in [-0.15, -0.1) is 0 Å². The van der Waals surface area contributed by atoms with Crippen molar-refractivity contribution in [3.63, 3.8) is 0 Å². The van der Waals surface area contributed by atoms with Crippen molar-refractivity contribution in [2.45, 2.75) is 42.9 Å². The number of rotatable bonds is 6. The summed E-state index contributed by atoms with van der Waals surface area (Å²) in [5.74, 6) is 0. The number of hydrogen-bond donors (Lipinski definition) is 0. The van der Waals surface area contributed by atoms with E-state index in [0.29, 0.717) is 0 Å². The molecule has 0 saturated carbocycles. The highest BCUT2D eigenvalue weighted by atomic mass is 15.1. The van der Waals surface area contributed by atoms with Gasteiger partial charge in [-0.25, -0.2) is 0 Å². The quantitative estimate of drug-likeness (QED) is 0.161. The van der Waals surface area contributed by atoms with Crippen LogP contribution in [0.3, 0.4) is 0 Å². The topological polar surface area (TPSA) is 3.24 Å². The summed E-state index contributed by atoms with van der Waals surface area (Å²) in [4.78, 5) is 2.59. The van der Waals surface area contributed by atoms with Crippen LogP contribution < -0.4 is 4.90 Å². The van der Waals surface area contributed by atoms with Crippen molar-refractivity contribution in [3.8, 4) is 44.5 Å². The number of anilines is 3. The molecule has 1 spiro atoms. The molecule has 1 heteroatoms. The third kappa shape index (κ3) is 5.17. The van der Waals surface area contributed by atoms with Crippen molar-refractivity contribution in [2.75, 3.05) is 4.90 Å². The lowest BCUT2D eigenvalue weighted by Gasteiger charge is -2.35. The summed E-state index contributed by atoms with van der Waals surface area (Å²) in [7, 11) is 0. The fraction of sp³-hybridized carbons (Fsp3) is 0.104. The maximum atomic E-state index is 2.59. The molecule has 0 aromatic heterocycles. The average molecular weight is 868 g/mol. The van der Waals surface area contributed by atoms with Gasteiger partial charge in [-0.1, -0.05) is 220 Å². The van der Waals surface area contributed by atoms with Gasteiger partial charge in [-0.2, -0.15) is 0 Å². The van der Waals surface area contributed by atoms with Crippen LogP contribution in [0.15, 0.2) is 237 Å². The van der Waals surface area contributed by atoms with Gasteiger partial charge in [0.1, 0.15) is 0 Å². The van der Waals surface area contributed by atoms with Crippen LogP contribution in [0.5, 0.6) is 0 Å². The Morgan fingerprint density at radius 1 is 0.338 bits per heavy atom. The van der Waals surface area contributed by atoms with Crippen molar-refractivity contribution in [1.82, 2.24) is 0 Å². The Labute approximate surface area is 399 Å². The lowest BCUT2D eigenvalue weighted by Crippen LogP contribution is -2.28. The van der Waals surface area contributed by atoms with Crippen LogP contribution in [0.2, 0.25) is 0 Å². The van der Waals surface area contributed by atoms with Gasteiger partial charge in [0, 0.05) is 27.8 Å². The Balaban J connectivity index is 1.06. The standard InChI is InChI=1S/C67H49N/c1-65(2)58-32-15-10-27-51(58)55-29-19-30-56(64(55)65)54-28-13-18-35-63(54)68(47-36-38-52-49-25-11-16-33-59(49)66(61(52)42-47)41-40-44-20-9-14-31-57(44)66)48-37-39-53-50-26-12-17-34-60(50)67(62(53)43-48,45-21-5-3-6-22-45)46-23-7-4-8-24-46/h3-39,42-43H,40-41H2,1-2H3. The van der Waals surface area contributed by atoms with E-state index in [2.05, 4.69) is 255 Å². The Hall–Kier alpha value is -8.00. The molecule has 0 fully saturated rings. The van der Waals surface area contributed by atoms with Gasteiger partial charge in [-0.05, 0) is 138 Å². The minimum Gasteiger partial charge on any atom is -0.310 e. The number of nitrogens with zero attached hydrogens (tertiary/aromatic N) is 1. The number of hydrogen-bond acceptors (Lipinski definition) is 1. The zero-order valence-corrected chi connectivity index (χ0v) is 38.4. The van der Waals surface area contributed by atoms with Gasteiger partial charge in [0.2, 0.25) is 0 Å². The van der Waals surface area contributed by atoms with Gasteiger partial charge in [0.25, 0.3) is 0 Å². The first-order chi connectivity index (χ1) is 33.5. The molecule has 0 N–H and O–H groups in total. The van der Waals surface area contributed by atoms with Crippen LogP contribution in [0, 0.1) is 0 Å². The second kappa shape index (κ2) is 14.5. The summed E-state index contributed by atoms with van der Waals surface area (Å²) in [5.41, 5.74) is 26.5. The Morgan fingerprint density at radius 2 is 0.794 bits per heavy atom. The normalized spacial score (nSPS) is 16.9. The van der Waals surface area contributed by atoms with E-state index in [4.69, 9.17) is 0 Å². The highest BCUT2D eigenvalue weighted by Gasteiger charge is 2.49. The van der Waals surface area contributed by atoms with E-state index in [-0.39, 0.29) is 10.8 Å². The van der Waals surface area contributed by atoms with Gasteiger partial charge >= 0.3 is 0 Å². The Bertz CT molecular complexity index is 3630. The molecule has 10 aromatic carbocycles. The lowest BCUT2D eigenvalue weighted by molar-refractivity contribution is 0.626. The highest BCUT2D eigenvalue weighted by molar-refractivity contribution is 5.97. The molecule has 0 amide bonds. The monoisotopic (exact) mass is 867 g/mol. The van der Waals surface area contributed by atoms with E-state index in [1.807, 2.05) is 0 Å². The summed E-state index contributed by atoms with van der Waals surface area (Å²) in [6.07, 6.45) is 2.11. The van der Waals surface area contributed by atoms with Crippen molar-refractivity contribution >= 4 is 17.1 Å². The van der Waals surface area contributed by atoms with Crippen molar-refractivity contribution in [1.29, 1.82) is 0 Å². The SMILES string of the molecule is CC1(C)c2ccccc2-c2cccc(-c3ccccc3N(c3ccc4c(c3)C3(CCc5ccccc53)c3ccccc3-4)c3ccc4c(c3)C(c3ccccc3)(c3ccccc3)c3ccccc3-4)c21. The second-order valence-corrected chi connectivity index (χ2v) is 19.8. The minimum atomic E-state index is -0.539. The Morgan fingerprint density at radius 3 is 1.47 bits per heavy atom. The van der Waals surface area contributed by atoms with Crippen LogP contribution in [0.1, 0.15) is 75.9 Å². The van der Waals surface area contributed by atoms with Crippen LogP contribution in [0.4, 0.5) is 17.1 Å². The van der Waals surface area contributed by atoms with Gasteiger partial charge in [0.15, 0.2) is 0 Å². The van der Waals surface area contributed by atoms with Gasteiger partial charge < -0.3 is 4.90 Å². The number of benzene rings is 10. The second-order valence-electron chi connectivity index (χ2n) is 19.8. The van der Waals surface area contributed by atoms with Crippen LogP contribution >= 0.6 is 0 Å². The van der Waals surface area contributed by atoms with Gasteiger partial charge in [-0.3, -0.25) is 0 Å². The molecular weight excluding hydrogens is 819 g/mol. The van der Waals surface area contributed by atoms with Crippen molar-refractivity contribution < 1.29 is 0 Å². The molecule has 1 unspecified atom stereocenters. The molecule has 0 saturated heterocycles. The summed E-state index contributed by atoms with van der Waals surface area (Å²) < 4.78 is 0. The summed E-state index contributed by atoms with van der Waals surface area (Å²) in [5, 5.41) is 0. The van der Waals surface area contributed by atoms with E-state index < -0.39 is 5.41 Å². The first-order valence-corrected chi connectivity index (χ1v) is 24.3. The molecular formula is C67H49N. The molecule has 14 rings (SSSR count). The third-order valence-corrected chi connectivity index (χ3v) is 16.4. The van der Waals surface area contributed by atoms with E-state index in [1.165, 1.54) is 100 Å². The maximum Gasteiger partial charge on any atom is 0.0714 e. The summed E-state index contributed by atoms with van der Waals surface area (Å²) in [6, 6.07) is 89.7.